The minimum absolute atomic E-state index is 0.219. The Morgan fingerprint density at radius 2 is 1.93 bits per heavy atom. The van der Waals surface area contributed by atoms with Crippen molar-refractivity contribution in [2.45, 2.75) is 6.92 Å². The monoisotopic (exact) mass is 187 g/mol. The summed E-state index contributed by atoms with van der Waals surface area (Å²) in [6.07, 6.45) is 1.28. The van der Waals surface area contributed by atoms with E-state index >= 15 is 0 Å². The second kappa shape index (κ2) is 3.41. The third-order valence-electron chi connectivity index (χ3n) is 1.95. The number of aryl methyl sites for hydroxylation is 1. The van der Waals surface area contributed by atoms with Gasteiger partial charge in [-0.2, -0.15) is 0 Å². The molecule has 0 aliphatic heterocycles. The van der Waals surface area contributed by atoms with E-state index in [0.717, 1.165) is 11.1 Å². The molecular formula is C10H9N3O. The van der Waals surface area contributed by atoms with E-state index in [1.165, 1.54) is 6.33 Å². The molecule has 0 unspecified atom stereocenters. The number of nitrogens with one attached hydrogen (secondary N) is 1. The molecule has 1 heterocycles. The molecule has 1 aromatic heterocycles. The normalized spacial score (nSPS) is 10.1. The van der Waals surface area contributed by atoms with Crippen molar-refractivity contribution in [1.82, 2.24) is 15.2 Å². The highest BCUT2D eigenvalue weighted by atomic mass is 16.1. The van der Waals surface area contributed by atoms with Gasteiger partial charge in [-0.05, 0) is 6.92 Å². The third kappa shape index (κ3) is 1.54. The molecule has 0 aliphatic rings. The molecule has 4 nitrogen and oxygen atoms in total. The first-order chi connectivity index (χ1) is 6.77. The van der Waals surface area contributed by atoms with E-state index in [0.29, 0.717) is 5.69 Å². The predicted molar refractivity (Wildman–Crippen MR) is 52.8 cm³/mol. The van der Waals surface area contributed by atoms with Crippen LogP contribution in [0.5, 0.6) is 0 Å². The first-order valence-electron chi connectivity index (χ1n) is 4.25. The van der Waals surface area contributed by atoms with Gasteiger partial charge in [-0.3, -0.25) is 4.79 Å². The topological polar surface area (TPSA) is 58.6 Å². The first kappa shape index (κ1) is 8.62. The van der Waals surface area contributed by atoms with Crippen LogP contribution >= 0.6 is 0 Å². The zero-order valence-corrected chi connectivity index (χ0v) is 7.69. The number of benzene rings is 1. The quantitative estimate of drug-likeness (QED) is 0.728. The smallest absolute Gasteiger partial charge is 0.277 e. The Bertz CT molecular complexity index is 487. The van der Waals surface area contributed by atoms with Gasteiger partial charge in [0.15, 0.2) is 5.69 Å². The van der Waals surface area contributed by atoms with Crippen LogP contribution in [0.1, 0.15) is 5.56 Å². The maximum atomic E-state index is 11.3. The number of aromatic nitrogens is 3. The predicted octanol–water partition coefficient (Wildman–Crippen LogP) is 1.14. The lowest BCUT2D eigenvalue weighted by Crippen LogP contribution is -2.11. The molecule has 0 bridgehead atoms. The Kier molecular flexibility index (Phi) is 2.10. The van der Waals surface area contributed by atoms with E-state index in [2.05, 4.69) is 15.2 Å². The molecule has 14 heavy (non-hydrogen) atoms. The summed E-state index contributed by atoms with van der Waals surface area (Å²) in [6.45, 7) is 1.99. The van der Waals surface area contributed by atoms with Gasteiger partial charge in [0.25, 0.3) is 5.56 Å². The standard InChI is InChI=1S/C10H9N3O/c1-7-2-4-8(5-3-7)9-10(14)11-6-12-13-9/h2-6H,1H3,(H,11,12,14). The van der Waals surface area contributed by atoms with Crippen LogP contribution in [0.25, 0.3) is 11.3 Å². The number of aromatic amines is 1. The van der Waals surface area contributed by atoms with Crippen molar-refractivity contribution >= 4 is 0 Å². The number of hydrogen-bond acceptors (Lipinski definition) is 3. The van der Waals surface area contributed by atoms with Crippen LogP contribution in [-0.2, 0) is 0 Å². The molecule has 0 atom stereocenters. The number of H-pyrrole nitrogens is 1. The minimum atomic E-state index is -0.219. The Hall–Kier alpha value is -1.97. The lowest BCUT2D eigenvalue weighted by atomic mass is 10.1. The average Bonchev–Trinajstić information content (AvgIpc) is 2.20. The van der Waals surface area contributed by atoms with E-state index in [4.69, 9.17) is 0 Å². The van der Waals surface area contributed by atoms with Crippen molar-refractivity contribution in [2.75, 3.05) is 0 Å². The molecule has 0 amide bonds. The largest absolute Gasteiger partial charge is 0.310 e. The SMILES string of the molecule is Cc1ccc(-c2nnc[nH]c2=O)cc1. The van der Waals surface area contributed by atoms with Crippen molar-refractivity contribution in [2.24, 2.45) is 0 Å². The van der Waals surface area contributed by atoms with Crippen LogP contribution in [0, 0.1) is 6.92 Å². The second-order valence-corrected chi connectivity index (χ2v) is 3.03. The Labute approximate surface area is 80.6 Å². The molecule has 0 spiro atoms. The fraction of sp³-hybridized carbons (Fsp3) is 0.100. The van der Waals surface area contributed by atoms with Gasteiger partial charge in [-0.1, -0.05) is 29.8 Å². The summed E-state index contributed by atoms with van der Waals surface area (Å²) >= 11 is 0. The summed E-state index contributed by atoms with van der Waals surface area (Å²) in [5.41, 5.74) is 2.07. The highest BCUT2D eigenvalue weighted by Crippen LogP contribution is 2.11. The van der Waals surface area contributed by atoms with Crippen LogP contribution < -0.4 is 5.56 Å². The average molecular weight is 187 g/mol. The van der Waals surface area contributed by atoms with Crippen molar-refractivity contribution in [3.8, 4) is 11.3 Å². The lowest BCUT2D eigenvalue weighted by molar-refractivity contribution is 0.951. The van der Waals surface area contributed by atoms with Crippen LogP contribution in [0.4, 0.5) is 0 Å². The molecule has 1 aromatic carbocycles. The van der Waals surface area contributed by atoms with Crippen molar-refractivity contribution in [3.05, 3.63) is 46.5 Å². The van der Waals surface area contributed by atoms with E-state index < -0.39 is 0 Å². The molecule has 0 saturated heterocycles. The summed E-state index contributed by atoms with van der Waals surface area (Å²) in [4.78, 5) is 13.8. The van der Waals surface area contributed by atoms with E-state index in [1.54, 1.807) is 0 Å². The van der Waals surface area contributed by atoms with Crippen molar-refractivity contribution in [3.63, 3.8) is 0 Å². The maximum absolute atomic E-state index is 11.3. The van der Waals surface area contributed by atoms with Gasteiger partial charge in [0.1, 0.15) is 6.33 Å². The maximum Gasteiger partial charge on any atom is 0.277 e. The zero-order valence-electron chi connectivity index (χ0n) is 7.69. The molecule has 4 heteroatoms. The molecule has 0 saturated carbocycles. The minimum Gasteiger partial charge on any atom is -0.310 e. The van der Waals surface area contributed by atoms with E-state index in [1.807, 2.05) is 31.2 Å². The third-order valence-corrected chi connectivity index (χ3v) is 1.95. The van der Waals surface area contributed by atoms with Gasteiger partial charge in [0.05, 0.1) is 0 Å². The fourth-order valence-corrected chi connectivity index (χ4v) is 1.19. The highest BCUT2D eigenvalue weighted by molar-refractivity contribution is 5.57. The molecular weight excluding hydrogens is 178 g/mol. The van der Waals surface area contributed by atoms with Crippen LogP contribution in [-0.4, -0.2) is 15.2 Å². The van der Waals surface area contributed by atoms with Crippen molar-refractivity contribution < 1.29 is 0 Å². The summed E-state index contributed by atoms with van der Waals surface area (Å²) in [5, 5.41) is 7.42. The molecule has 0 radical (unpaired) electrons. The molecule has 0 aliphatic carbocycles. The highest BCUT2D eigenvalue weighted by Gasteiger charge is 2.03. The molecule has 2 aromatic rings. The summed E-state index contributed by atoms with van der Waals surface area (Å²) in [5.74, 6) is 0. The summed E-state index contributed by atoms with van der Waals surface area (Å²) in [7, 11) is 0. The molecule has 1 N–H and O–H groups in total. The van der Waals surface area contributed by atoms with E-state index in [9.17, 15) is 4.79 Å². The van der Waals surface area contributed by atoms with E-state index in [-0.39, 0.29) is 5.56 Å². The number of hydrogen-bond donors (Lipinski definition) is 1. The van der Waals surface area contributed by atoms with Gasteiger partial charge in [-0.25, -0.2) is 0 Å². The van der Waals surface area contributed by atoms with Gasteiger partial charge >= 0.3 is 0 Å². The fourth-order valence-electron chi connectivity index (χ4n) is 1.19. The second-order valence-electron chi connectivity index (χ2n) is 3.03. The van der Waals surface area contributed by atoms with Crippen LogP contribution in [0.2, 0.25) is 0 Å². The van der Waals surface area contributed by atoms with Gasteiger partial charge in [0.2, 0.25) is 0 Å². The van der Waals surface area contributed by atoms with Crippen molar-refractivity contribution in [1.29, 1.82) is 0 Å². The summed E-state index contributed by atoms with van der Waals surface area (Å²) < 4.78 is 0. The summed E-state index contributed by atoms with van der Waals surface area (Å²) in [6, 6.07) is 7.58. The van der Waals surface area contributed by atoms with Crippen LogP contribution in [0.3, 0.4) is 0 Å². The number of nitrogens with zero attached hydrogens (tertiary/aromatic N) is 2. The first-order valence-corrected chi connectivity index (χ1v) is 4.25. The molecule has 0 fully saturated rings. The lowest BCUT2D eigenvalue weighted by Gasteiger charge is -1.97. The number of rotatable bonds is 1. The Morgan fingerprint density at radius 1 is 1.21 bits per heavy atom. The molecule has 2 rings (SSSR count). The molecule has 70 valence electrons. The van der Waals surface area contributed by atoms with Gasteiger partial charge in [-0.15, -0.1) is 10.2 Å². The Morgan fingerprint density at radius 3 is 2.57 bits per heavy atom. The van der Waals surface area contributed by atoms with Gasteiger partial charge in [0, 0.05) is 5.56 Å². The van der Waals surface area contributed by atoms with Gasteiger partial charge < -0.3 is 4.98 Å². The van der Waals surface area contributed by atoms with Crippen LogP contribution in [0.15, 0.2) is 35.4 Å². The zero-order chi connectivity index (χ0) is 9.97. The Balaban J connectivity index is 2.56.